The topological polar surface area (TPSA) is 35.5 Å². The van der Waals surface area contributed by atoms with E-state index >= 15 is 0 Å². The minimum Gasteiger partial charge on any atom is -0.344 e. The van der Waals surface area contributed by atoms with E-state index in [9.17, 15) is 13.2 Å². The molecule has 3 aliphatic rings. The van der Waals surface area contributed by atoms with Crippen LogP contribution in [0.25, 0.3) is 0 Å². The summed E-state index contributed by atoms with van der Waals surface area (Å²) < 4.78 is 38.1. The molecule has 4 heterocycles. The SMILES string of the molecule is FC(F)(F)c1nnc(N2CCN(C[C@@H]3CCCN4CCCC[C@H]34)CC2)s1. The average Bonchev–Trinajstić information content (AvgIpc) is 3.13. The molecule has 0 aromatic carbocycles. The number of aromatic nitrogens is 2. The molecule has 0 radical (unpaired) electrons. The molecule has 3 fully saturated rings. The van der Waals surface area contributed by atoms with Crippen LogP contribution >= 0.6 is 11.3 Å². The summed E-state index contributed by atoms with van der Waals surface area (Å²) >= 11 is 0.652. The van der Waals surface area contributed by atoms with Crippen molar-refractivity contribution in [2.24, 2.45) is 5.92 Å². The lowest BCUT2D eigenvalue weighted by Crippen LogP contribution is -2.53. The van der Waals surface area contributed by atoms with E-state index in [1.807, 2.05) is 4.90 Å². The molecule has 26 heavy (non-hydrogen) atoms. The van der Waals surface area contributed by atoms with Crippen LogP contribution in [0.5, 0.6) is 0 Å². The van der Waals surface area contributed by atoms with E-state index in [0.29, 0.717) is 16.5 Å². The molecular weight excluding hydrogens is 363 g/mol. The molecule has 4 rings (SSSR count). The van der Waals surface area contributed by atoms with Crippen molar-refractivity contribution in [2.45, 2.75) is 44.3 Å². The maximum absolute atomic E-state index is 12.7. The summed E-state index contributed by atoms with van der Waals surface area (Å²) in [7, 11) is 0. The maximum Gasteiger partial charge on any atom is 0.445 e. The Labute approximate surface area is 156 Å². The second-order valence-corrected chi connectivity index (χ2v) is 8.63. The lowest BCUT2D eigenvalue weighted by atomic mass is 9.83. The number of nitrogens with zero attached hydrogens (tertiary/aromatic N) is 5. The fourth-order valence-electron chi connectivity index (χ4n) is 4.70. The van der Waals surface area contributed by atoms with Gasteiger partial charge in [0, 0.05) is 38.8 Å². The minimum absolute atomic E-state index is 0.396. The first-order chi connectivity index (χ1) is 12.5. The third-order valence-corrected chi connectivity index (χ3v) is 7.05. The molecule has 0 N–H and O–H groups in total. The Morgan fingerprint density at radius 3 is 2.42 bits per heavy atom. The van der Waals surface area contributed by atoms with E-state index < -0.39 is 11.2 Å². The first kappa shape index (κ1) is 18.4. The zero-order valence-electron chi connectivity index (χ0n) is 14.9. The van der Waals surface area contributed by atoms with Crippen molar-refractivity contribution >= 4 is 16.5 Å². The molecule has 1 aromatic heterocycles. The summed E-state index contributed by atoms with van der Waals surface area (Å²) in [6.45, 7) is 6.88. The van der Waals surface area contributed by atoms with Gasteiger partial charge >= 0.3 is 6.18 Å². The van der Waals surface area contributed by atoms with E-state index in [-0.39, 0.29) is 0 Å². The first-order valence-corrected chi connectivity index (χ1v) is 10.4. The molecule has 3 saturated heterocycles. The zero-order valence-corrected chi connectivity index (χ0v) is 15.7. The van der Waals surface area contributed by atoms with Crippen LogP contribution in [-0.2, 0) is 6.18 Å². The summed E-state index contributed by atoms with van der Waals surface area (Å²) in [6.07, 6.45) is 2.23. The van der Waals surface area contributed by atoms with Crippen LogP contribution < -0.4 is 4.90 Å². The third kappa shape index (κ3) is 3.99. The van der Waals surface area contributed by atoms with Crippen molar-refractivity contribution in [1.29, 1.82) is 0 Å². The standard InChI is InChI=1S/C17H26F3N5S/c18-17(19,20)15-21-22-16(26-15)25-10-8-23(9-11-25)12-13-4-3-7-24-6-2-1-5-14(13)24/h13-14H,1-12H2/t13-,14+/m0/s1. The Morgan fingerprint density at radius 2 is 1.69 bits per heavy atom. The van der Waals surface area contributed by atoms with Gasteiger partial charge in [0.05, 0.1) is 0 Å². The number of rotatable bonds is 3. The van der Waals surface area contributed by atoms with Crippen LogP contribution in [0.3, 0.4) is 0 Å². The number of fused-ring (bicyclic) bond motifs is 1. The summed E-state index contributed by atoms with van der Waals surface area (Å²) in [5.74, 6) is 0.744. The Hall–Kier alpha value is -0.930. The number of piperidine rings is 2. The van der Waals surface area contributed by atoms with Gasteiger partial charge in [-0.15, -0.1) is 10.2 Å². The molecule has 2 atom stereocenters. The highest BCUT2D eigenvalue weighted by Crippen LogP contribution is 2.35. The molecule has 1 aromatic rings. The molecule has 9 heteroatoms. The maximum atomic E-state index is 12.7. The first-order valence-electron chi connectivity index (χ1n) is 9.63. The van der Waals surface area contributed by atoms with Crippen molar-refractivity contribution in [3.63, 3.8) is 0 Å². The third-order valence-electron chi connectivity index (χ3n) is 6.02. The number of piperazine rings is 1. The molecule has 0 bridgehead atoms. The predicted molar refractivity (Wildman–Crippen MR) is 95.5 cm³/mol. The zero-order chi connectivity index (χ0) is 18.1. The molecule has 146 valence electrons. The second-order valence-electron chi connectivity index (χ2n) is 7.68. The van der Waals surface area contributed by atoms with Gasteiger partial charge in [-0.05, 0) is 44.7 Å². The Balaban J connectivity index is 1.30. The molecule has 0 aliphatic carbocycles. The van der Waals surface area contributed by atoms with Gasteiger partial charge in [-0.25, -0.2) is 0 Å². The van der Waals surface area contributed by atoms with E-state index in [4.69, 9.17) is 0 Å². The lowest BCUT2D eigenvalue weighted by Gasteiger charge is -2.46. The fraction of sp³-hybridized carbons (Fsp3) is 0.882. The summed E-state index contributed by atoms with van der Waals surface area (Å²) in [5.41, 5.74) is 0. The quantitative estimate of drug-likeness (QED) is 0.794. The van der Waals surface area contributed by atoms with Crippen molar-refractivity contribution in [3.8, 4) is 0 Å². The van der Waals surface area contributed by atoms with Gasteiger partial charge in [0.1, 0.15) is 0 Å². The van der Waals surface area contributed by atoms with Crippen LogP contribution in [0.2, 0.25) is 0 Å². The van der Waals surface area contributed by atoms with E-state index in [0.717, 1.165) is 44.7 Å². The summed E-state index contributed by atoms with van der Waals surface area (Å²) in [5, 5.41) is 6.60. The number of hydrogen-bond donors (Lipinski definition) is 0. The number of halogens is 3. The van der Waals surface area contributed by atoms with Gasteiger partial charge in [-0.1, -0.05) is 17.8 Å². The smallest absolute Gasteiger partial charge is 0.344 e. The van der Waals surface area contributed by atoms with Gasteiger partial charge in [0.15, 0.2) is 0 Å². The van der Waals surface area contributed by atoms with Gasteiger partial charge in [-0.2, -0.15) is 13.2 Å². The highest BCUT2D eigenvalue weighted by atomic mass is 32.1. The molecule has 0 saturated carbocycles. The molecule has 0 unspecified atom stereocenters. The summed E-state index contributed by atoms with van der Waals surface area (Å²) in [4.78, 5) is 7.12. The highest BCUT2D eigenvalue weighted by Gasteiger charge is 2.37. The van der Waals surface area contributed by atoms with Gasteiger partial charge in [-0.3, -0.25) is 4.90 Å². The monoisotopic (exact) mass is 389 g/mol. The number of alkyl halides is 3. The molecular formula is C17H26F3N5S. The van der Waals surface area contributed by atoms with Crippen molar-refractivity contribution < 1.29 is 13.2 Å². The lowest BCUT2D eigenvalue weighted by molar-refractivity contribution is -0.138. The van der Waals surface area contributed by atoms with E-state index in [1.54, 1.807) is 0 Å². The fourth-order valence-corrected chi connectivity index (χ4v) is 5.47. The summed E-state index contributed by atoms with van der Waals surface area (Å²) in [6, 6.07) is 0.744. The molecule has 5 nitrogen and oxygen atoms in total. The van der Waals surface area contributed by atoms with Gasteiger partial charge in [0.2, 0.25) is 10.1 Å². The number of hydrogen-bond acceptors (Lipinski definition) is 6. The number of anilines is 1. The molecule has 3 aliphatic heterocycles. The van der Waals surface area contributed by atoms with Crippen molar-refractivity contribution in [1.82, 2.24) is 20.0 Å². The minimum atomic E-state index is -4.40. The van der Waals surface area contributed by atoms with Crippen LogP contribution in [0, 0.1) is 5.92 Å². The van der Waals surface area contributed by atoms with Crippen molar-refractivity contribution in [3.05, 3.63) is 5.01 Å². The van der Waals surface area contributed by atoms with Gasteiger partial charge < -0.3 is 9.80 Å². The van der Waals surface area contributed by atoms with Crippen LogP contribution in [0.4, 0.5) is 18.3 Å². The Bertz CT molecular complexity index is 597. The van der Waals surface area contributed by atoms with Gasteiger partial charge in [0.25, 0.3) is 0 Å². The molecule has 0 amide bonds. The highest BCUT2D eigenvalue weighted by molar-refractivity contribution is 7.15. The second kappa shape index (κ2) is 7.59. The average molecular weight is 389 g/mol. The largest absolute Gasteiger partial charge is 0.445 e. The van der Waals surface area contributed by atoms with Crippen molar-refractivity contribution in [2.75, 3.05) is 50.7 Å². The van der Waals surface area contributed by atoms with Crippen LogP contribution in [0.15, 0.2) is 0 Å². The molecule has 0 spiro atoms. The van der Waals surface area contributed by atoms with Crippen LogP contribution in [0.1, 0.15) is 37.1 Å². The predicted octanol–water partition coefficient (Wildman–Crippen LogP) is 2.94. The van der Waals surface area contributed by atoms with E-state index in [2.05, 4.69) is 20.0 Å². The Morgan fingerprint density at radius 1 is 0.923 bits per heavy atom. The Kier molecular flexibility index (Phi) is 5.38. The van der Waals surface area contributed by atoms with E-state index in [1.165, 1.54) is 45.2 Å². The normalized spacial score (nSPS) is 29.0. The van der Waals surface area contributed by atoms with Crippen LogP contribution in [-0.4, -0.2) is 71.9 Å².